The number of nitrogens with zero attached hydrogens (tertiary/aromatic N) is 1. The third-order valence-corrected chi connectivity index (χ3v) is 4.79. The van der Waals surface area contributed by atoms with Gasteiger partial charge in [0.05, 0.1) is 5.69 Å². The fourth-order valence-corrected chi connectivity index (χ4v) is 3.72. The van der Waals surface area contributed by atoms with E-state index in [1.54, 1.807) is 18.5 Å². The Morgan fingerprint density at radius 3 is 2.76 bits per heavy atom. The van der Waals surface area contributed by atoms with Gasteiger partial charge in [0.15, 0.2) is 5.78 Å². The van der Waals surface area contributed by atoms with Crippen molar-refractivity contribution in [2.45, 2.75) is 26.2 Å². The molecule has 0 saturated heterocycles. The normalized spacial score (nSPS) is 16.7. The topological polar surface area (TPSA) is 45.8 Å². The van der Waals surface area contributed by atoms with Gasteiger partial charge in [-0.25, -0.2) is 4.39 Å². The number of hydrogen-bond acceptors (Lipinski definition) is 2. The predicted molar refractivity (Wildman–Crippen MR) is 95.0 cm³/mol. The number of fused-ring (bicyclic) bond motifs is 1. The molecular weight excluding hydrogens is 315 g/mol. The lowest BCUT2D eigenvalue weighted by Gasteiger charge is -2.18. The van der Waals surface area contributed by atoms with E-state index in [1.807, 2.05) is 18.2 Å². The first kappa shape index (κ1) is 15.8. The molecule has 25 heavy (non-hydrogen) atoms. The van der Waals surface area contributed by atoms with Gasteiger partial charge in [-0.2, -0.15) is 0 Å². The SMILES string of the molecule is CC1CC(=O)c2c([nH]c(-c3ccncc3)c2Cc2cccc(F)c2)C1. The molecule has 0 amide bonds. The van der Waals surface area contributed by atoms with Crippen LogP contribution in [0.1, 0.15) is 40.5 Å². The van der Waals surface area contributed by atoms with Crippen LogP contribution < -0.4 is 0 Å². The average Bonchev–Trinajstić information content (AvgIpc) is 2.94. The number of aromatic amines is 1. The van der Waals surface area contributed by atoms with Gasteiger partial charge in [0.25, 0.3) is 0 Å². The Labute approximate surface area is 145 Å². The van der Waals surface area contributed by atoms with E-state index < -0.39 is 0 Å². The second-order valence-electron chi connectivity index (χ2n) is 6.81. The third-order valence-electron chi connectivity index (χ3n) is 4.79. The van der Waals surface area contributed by atoms with Crippen LogP contribution in [0.5, 0.6) is 0 Å². The van der Waals surface area contributed by atoms with Crippen molar-refractivity contribution >= 4 is 5.78 Å². The Morgan fingerprint density at radius 1 is 1.20 bits per heavy atom. The number of hydrogen-bond donors (Lipinski definition) is 1. The summed E-state index contributed by atoms with van der Waals surface area (Å²) in [5, 5.41) is 0. The molecule has 1 unspecified atom stereocenters. The van der Waals surface area contributed by atoms with E-state index in [0.29, 0.717) is 18.8 Å². The van der Waals surface area contributed by atoms with Crippen molar-refractivity contribution in [3.8, 4) is 11.3 Å². The highest BCUT2D eigenvalue weighted by Crippen LogP contribution is 2.35. The number of halogens is 1. The lowest BCUT2D eigenvalue weighted by Crippen LogP contribution is -2.18. The molecular formula is C21H19FN2O. The average molecular weight is 334 g/mol. The first-order valence-electron chi connectivity index (χ1n) is 8.53. The van der Waals surface area contributed by atoms with Crippen molar-refractivity contribution in [2.75, 3.05) is 0 Å². The molecule has 2 heterocycles. The summed E-state index contributed by atoms with van der Waals surface area (Å²) in [5.41, 5.74) is 5.57. The number of H-pyrrole nitrogens is 1. The number of ketones is 1. The molecule has 3 nitrogen and oxygen atoms in total. The Kier molecular flexibility index (Phi) is 3.96. The molecule has 1 aliphatic carbocycles. The minimum Gasteiger partial charge on any atom is -0.358 e. The molecule has 1 N–H and O–H groups in total. The Balaban J connectivity index is 1.87. The Bertz CT molecular complexity index is 930. The smallest absolute Gasteiger partial charge is 0.165 e. The van der Waals surface area contributed by atoms with Gasteiger partial charge in [-0.15, -0.1) is 0 Å². The van der Waals surface area contributed by atoms with Crippen LogP contribution in [0.15, 0.2) is 48.8 Å². The number of rotatable bonds is 3. The Morgan fingerprint density at radius 2 is 2.00 bits per heavy atom. The maximum Gasteiger partial charge on any atom is 0.165 e. The molecule has 1 atom stereocenters. The highest BCUT2D eigenvalue weighted by molar-refractivity contribution is 6.01. The maximum absolute atomic E-state index is 13.6. The first-order chi connectivity index (χ1) is 12.1. The van der Waals surface area contributed by atoms with Gasteiger partial charge < -0.3 is 4.98 Å². The molecule has 0 spiro atoms. The second kappa shape index (κ2) is 6.28. The molecule has 2 aromatic heterocycles. The van der Waals surface area contributed by atoms with Crippen molar-refractivity contribution in [1.29, 1.82) is 0 Å². The van der Waals surface area contributed by atoms with E-state index in [-0.39, 0.29) is 11.6 Å². The van der Waals surface area contributed by atoms with Crippen LogP contribution in [0.3, 0.4) is 0 Å². The minimum absolute atomic E-state index is 0.178. The van der Waals surface area contributed by atoms with Gasteiger partial charge in [-0.3, -0.25) is 9.78 Å². The van der Waals surface area contributed by atoms with Crippen LogP contribution in [0.25, 0.3) is 11.3 Å². The number of pyridine rings is 1. The number of carbonyl (C=O) groups excluding carboxylic acids is 1. The summed E-state index contributed by atoms with van der Waals surface area (Å²) in [5.74, 6) is 0.259. The molecule has 126 valence electrons. The van der Waals surface area contributed by atoms with Gasteiger partial charge in [0.2, 0.25) is 0 Å². The Hall–Kier alpha value is -2.75. The molecule has 0 saturated carbocycles. The highest BCUT2D eigenvalue weighted by Gasteiger charge is 2.29. The second-order valence-corrected chi connectivity index (χ2v) is 6.81. The van der Waals surface area contributed by atoms with Crippen LogP contribution in [0, 0.1) is 11.7 Å². The summed E-state index contributed by atoms with van der Waals surface area (Å²) in [6.07, 6.45) is 5.44. The lowest BCUT2D eigenvalue weighted by molar-refractivity contribution is 0.0952. The number of Topliss-reactive ketones (excluding diaryl/α,β-unsaturated/α-hetero) is 1. The standard InChI is InChI=1S/C21H19FN2O/c1-13-9-18-20(19(25)10-13)17(12-14-3-2-4-16(22)11-14)21(24-18)15-5-7-23-8-6-15/h2-8,11,13,24H,9-10,12H2,1H3. The predicted octanol–water partition coefficient (Wildman–Crippen LogP) is 4.57. The fraction of sp³-hybridized carbons (Fsp3) is 0.238. The summed E-state index contributed by atoms with van der Waals surface area (Å²) in [7, 11) is 0. The van der Waals surface area contributed by atoms with Crippen LogP contribution in [0.2, 0.25) is 0 Å². The number of nitrogens with one attached hydrogen (secondary N) is 1. The van der Waals surface area contributed by atoms with Crippen LogP contribution in [0.4, 0.5) is 4.39 Å². The number of aromatic nitrogens is 2. The molecule has 0 fully saturated rings. The van der Waals surface area contributed by atoms with Gasteiger partial charge in [0, 0.05) is 42.1 Å². The zero-order chi connectivity index (χ0) is 17.4. The molecule has 3 aromatic rings. The summed E-state index contributed by atoms with van der Waals surface area (Å²) >= 11 is 0. The van der Waals surface area contributed by atoms with Gasteiger partial charge in [-0.1, -0.05) is 19.1 Å². The van der Waals surface area contributed by atoms with Crippen molar-refractivity contribution < 1.29 is 9.18 Å². The summed E-state index contributed by atoms with van der Waals surface area (Å²) in [6, 6.07) is 10.4. The molecule has 1 aliphatic rings. The molecule has 1 aromatic carbocycles. The number of carbonyl (C=O) groups is 1. The minimum atomic E-state index is -0.257. The molecule has 4 rings (SSSR count). The van der Waals surface area contributed by atoms with E-state index in [0.717, 1.165) is 40.1 Å². The lowest BCUT2D eigenvalue weighted by atomic mass is 9.85. The third kappa shape index (κ3) is 3.00. The molecule has 0 aliphatic heterocycles. The number of benzene rings is 1. The largest absolute Gasteiger partial charge is 0.358 e. The van der Waals surface area contributed by atoms with E-state index in [1.165, 1.54) is 12.1 Å². The van der Waals surface area contributed by atoms with Crippen LogP contribution in [-0.4, -0.2) is 15.8 Å². The van der Waals surface area contributed by atoms with Gasteiger partial charge in [0.1, 0.15) is 5.82 Å². The van der Waals surface area contributed by atoms with E-state index in [4.69, 9.17) is 0 Å². The van der Waals surface area contributed by atoms with Gasteiger partial charge >= 0.3 is 0 Å². The molecule has 0 bridgehead atoms. The first-order valence-corrected chi connectivity index (χ1v) is 8.53. The van der Waals surface area contributed by atoms with Crippen LogP contribution in [-0.2, 0) is 12.8 Å². The fourth-order valence-electron chi connectivity index (χ4n) is 3.72. The molecule has 0 radical (unpaired) electrons. The molecule has 4 heteroatoms. The van der Waals surface area contributed by atoms with Crippen molar-refractivity contribution in [1.82, 2.24) is 9.97 Å². The van der Waals surface area contributed by atoms with Gasteiger partial charge in [-0.05, 0) is 47.7 Å². The van der Waals surface area contributed by atoms with Crippen molar-refractivity contribution in [2.24, 2.45) is 5.92 Å². The zero-order valence-corrected chi connectivity index (χ0v) is 14.1. The van der Waals surface area contributed by atoms with E-state index in [9.17, 15) is 9.18 Å². The highest BCUT2D eigenvalue weighted by atomic mass is 19.1. The van der Waals surface area contributed by atoms with Crippen LogP contribution >= 0.6 is 0 Å². The van der Waals surface area contributed by atoms with E-state index >= 15 is 0 Å². The van der Waals surface area contributed by atoms with Crippen molar-refractivity contribution in [3.63, 3.8) is 0 Å². The quantitative estimate of drug-likeness (QED) is 0.762. The zero-order valence-electron chi connectivity index (χ0n) is 14.1. The maximum atomic E-state index is 13.6. The van der Waals surface area contributed by atoms with Crippen molar-refractivity contribution in [3.05, 3.63) is 77.0 Å². The summed E-state index contributed by atoms with van der Waals surface area (Å²) in [6.45, 7) is 2.10. The monoisotopic (exact) mass is 334 g/mol. The summed E-state index contributed by atoms with van der Waals surface area (Å²) in [4.78, 5) is 20.3. The van der Waals surface area contributed by atoms with E-state index in [2.05, 4.69) is 16.9 Å². The summed E-state index contributed by atoms with van der Waals surface area (Å²) < 4.78 is 13.6.